The zero-order chi connectivity index (χ0) is 34.1. The molecule has 240 valence electrons. The van der Waals surface area contributed by atoms with E-state index in [-0.39, 0.29) is 5.41 Å². The Hall–Kier alpha value is -6.38. The minimum atomic E-state index is -0.0417. The predicted molar refractivity (Wildman–Crippen MR) is 214 cm³/mol. The van der Waals surface area contributed by atoms with Gasteiger partial charge in [-0.25, -0.2) is 9.97 Å². The van der Waals surface area contributed by atoms with Crippen LogP contribution in [-0.4, -0.2) is 9.97 Å². The lowest BCUT2D eigenvalue weighted by Crippen LogP contribution is -2.14. The Balaban J connectivity index is 1.14. The molecule has 0 amide bonds. The van der Waals surface area contributed by atoms with Crippen LogP contribution in [0.15, 0.2) is 170 Å². The number of hydrogen-bond acceptors (Lipinski definition) is 2. The molecule has 0 saturated heterocycles. The molecular formula is C49H34N2. The fraction of sp³-hybridized carbons (Fsp3) is 0.0612. The highest BCUT2D eigenvalue weighted by molar-refractivity contribution is 6.21. The van der Waals surface area contributed by atoms with Gasteiger partial charge in [-0.3, -0.25) is 0 Å². The van der Waals surface area contributed by atoms with E-state index in [4.69, 9.17) is 9.97 Å². The summed E-state index contributed by atoms with van der Waals surface area (Å²) in [6, 6.07) is 61.3. The maximum absolute atomic E-state index is 5.25. The zero-order valence-electron chi connectivity index (χ0n) is 28.6. The first-order valence-electron chi connectivity index (χ1n) is 17.7. The molecule has 0 spiro atoms. The Labute approximate surface area is 297 Å². The largest absolute Gasteiger partial charge is 0.228 e. The van der Waals surface area contributed by atoms with Crippen LogP contribution in [0.4, 0.5) is 0 Å². The van der Waals surface area contributed by atoms with Crippen LogP contribution in [0.3, 0.4) is 0 Å². The van der Waals surface area contributed by atoms with E-state index >= 15 is 0 Å². The van der Waals surface area contributed by atoms with Crippen molar-refractivity contribution >= 4 is 32.3 Å². The average molecular weight is 651 g/mol. The molecule has 0 aliphatic heterocycles. The van der Waals surface area contributed by atoms with Crippen molar-refractivity contribution in [3.8, 4) is 56.2 Å². The minimum Gasteiger partial charge on any atom is -0.228 e. The third kappa shape index (κ3) is 4.71. The smallest absolute Gasteiger partial charge is 0.160 e. The van der Waals surface area contributed by atoms with E-state index in [1.165, 1.54) is 65.7 Å². The molecule has 51 heavy (non-hydrogen) atoms. The Morgan fingerprint density at radius 3 is 1.82 bits per heavy atom. The van der Waals surface area contributed by atoms with Gasteiger partial charge in [-0.1, -0.05) is 166 Å². The van der Waals surface area contributed by atoms with E-state index in [0.717, 1.165) is 28.1 Å². The van der Waals surface area contributed by atoms with Crippen LogP contribution in [0, 0.1) is 0 Å². The Bertz CT molecular complexity index is 2810. The molecule has 0 radical (unpaired) electrons. The van der Waals surface area contributed by atoms with Gasteiger partial charge in [0.15, 0.2) is 5.82 Å². The number of fused-ring (bicyclic) bond motifs is 7. The molecule has 0 bridgehead atoms. The van der Waals surface area contributed by atoms with Gasteiger partial charge in [-0.2, -0.15) is 0 Å². The summed E-state index contributed by atoms with van der Waals surface area (Å²) < 4.78 is 0. The number of hydrogen-bond donors (Lipinski definition) is 0. The highest BCUT2D eigenvalue weighted by atomic mass is 14.9. The van der Waals surface area contributed by atoms with E-state index in [1.807, 2.05) is 6.07 Å². The van der Waals surface area contributed by atoms with Gasteiger partial charge >= 0.3 is 0 Å². The van der Waals surface area contributed by atoms with E-state index in [2.05, 4.69) is 178 Å². The molecule has 1 aliphatic carbocycles. The topological polar surface area (TPSA) is 25.8 Å². The second-order valence-electron chi connectivity index (χ2n) is 14.2. The van der Waals surface area contributed by atoms with Crippen molar-refractivity contribution in [2.24, 2.45) is 0 Å². The molecule has 0 N–H and O–H groups in total. The van der Waals surface area contributed by atoms with Crippen LogP contribution in [-0.2, 0) is 5.41 Å². The fourth-order valence-electron chi connectivity index (χ4n) is 8.29. The molecule has 1 heterocycles. The number of benzene rings is 8. The van der Waals surface area contributed by atoms with Crippen molar-refractivity contribution in [2.45, 2.75) is 19.3 Å². The average Bonchev–Trinajstić information content (AvgIpc) is 3.42. The first kappa shape index (κ1) is 29.5. The molecule has 10 rings (SSSR count). The van der Waals surface area contributed by atoms with Gasteiger partial charge < -0.3 is 0 Å². The zero-order valence-corrected chi connectivity index (χ0v) is 28.6. The third-order valence-electron chi connectivity index (χ3n) is 10.9. The van der Waals surface area contributed by atoms with Crippen molar-refractivity contribution in [2.75, 3.05) is 0 Å². The molecular weight excluding hydrogens is 617 g/mol. The third-order valence-corrected chi connectivity index (χ3v) is 10.9. The summed E-state index contributed by atoms with van der Waals surface area (Å²) in [6.45, 7) is 4.64. The molecule has 0 atom stereocenters. The first-order chi connectivity index (χ1) is 25.0. The van der Waals surface area contributed by atoms with Gasteiger partial charge in [0.1, 0.15) is 0 Å². The lowest BCUT2D eigenvalue weighted by molar-refractivity contribution is 0.660. The first-order valence-corrected chi connectivity index (χ1v) is 17.7. The lowest BCUT2D eigenvalue weighted by Gasteiger charge is -2.21. The molecule has 8 aromatic carbocycles. The summed E-state index contributed by atoms with van der Waals surface area (Å²) >= 11 is 0. The molecule has 0 fully saturated rings. The number of aromatic nitrogens is 2. The van der Waals surface area contributed by atoms with E-state index in [9.17, 15) is 0 Å². The van der Waals surface area contributed by atoms with E-state index < -0.39 is 0 Å². The Kier molecular flexibility index (Phi) is 6.56. The van der Waals surface area contributed by atoms with Gasteiger partial charge in [-0.15, -0.1) is 0 Å². The molecule has 0 unspecified atom stereocenters. The minimum absolute atomic E-state index is 0.0417. The highest BCUT2D eigenvalue weighted by Crippen LogP contribution is 2.49. The summed E-state index contributed by atoms with van der Waals surface area (Å²) in [5.74, 6) is 0.715. The van der Waals surface area contributed by atoms with Crippen LogP contribution >= 0.6 is 0 Å². The molecule has 2 nitrogen and oxygen atoms in total. The highest BCUT2D eigenvalue weighted by Gasteiger charge is 2.35. The van der Waals surface area contributed by atoms with Gasteiger partial charge in [0.2, 0.25) is 0 Å². The van der Waals surface area contributed by atoms with Crippen LogP contribution in [0.25, 0.3) is 88.5 Å². The molecule has 9 aromatic rings. The van der Waals surface area contributed by atoms with Crippen LogP contribution in [0.1, 0.15) is 25.0 Å². The van der Waals surface area contributed by atoms with Crippen LogP contribution in [0.5, 0.6) is 0 Å². The molecule has 1 aromatic heterocycles. The SMILES string of the molecule is CC1(C)c2ccccc2-c2cc(-c3cc(-c4ccccc4)nc(-c4ccc(-c5c6ccccc6cc6ccc7ccccc7c56)cc4)n3)ccc21. The van der Waals surface area contributed by atoms with Crippen molar-refractivity contribution in [3.63, 3.8) is 0 Å². The van der Waals surface area contributed by atoms with Crippen LogP contribution < -0.4 is 0 Å². The van der Waals surface area contributed by atoms with Gasteiger partial charge in [0.25, 0.3) is 0 Å². The molecule has 1 aliphatic rings. The van der Waals surface area contributed by atoms with E-state index in [1.54, 1.807) is 0 Å². The second-order valence-corrected chi connectivity index (χ2v) is 14.2. The number of nitrogens with zero attached hydrogens (tertiary/aromatic N) is 2. The van der Waals surface area contributed by atoms with Crippen molar-refractivity contribution in [1.29, 1.82) is 0 Å². The van der Waals surface area contributed by atoms with Crippen molar-refractivity contribution < 1.29 is 0 Å². The van der Waals surface area contributed by atoms with E-state index in [0.29, 0.717) is 5.82 Å². The van der Waals surface area contributed by atoms with Crippen molar-refractivity contribution in [3.05, 3.63) is 181 Å². The Morgan fingerprint density at radius 1 is 0.392 bits per heavy atom. The summed E-state index contributed by atoms with van der Waals surface area (Å²) in [5.41, 5.74) is 12.7. The van der Waals surface area contributed by atoms with Crippen molar-refractivity contribution in [1.82, 2.24) is 9.97 Å². The standard InChI is InChI=1S/C49H34N2/c1-49(2)42-19-11-10-18-40(42)41-29-36(26-27-43(41)49)45-30-44(32-13-4-3-5-14-32)50-48(51-45)34-23-21-33(22-24-34)46-39-17-9-7-15-35(39)28-37-25-20-31-12-6-8-16-38(31)47(37)46/h3-30H,1-2H3. The van der Waals surface area contributed by atoms with Gasteiger partial charge in [0, 0.05) is 22.1 Å². The summed E-state index contributed by atoms with van der Waals surface area (Å²) in [6.07, 6.45) is 0. The molecule has 2 heteroatoms. The van der Waals surface area contributed by atoms with Gasteiger partial charge in [0.05, 0.1) is 11.4 Å². The quantitative estimate of drug-likeness (QED) is 0.140. The second kappa shape index (κ2) is 11.3. The normalized spacial score (nSPS) is 13.1. The summed E-state index contributed by atoms with van der Waals surface area (Å²) in [4.78, 5) is 10.4. The van der Waals surface area contributed by atoms with Gasteiger partial charge in [-0.05, 0) is 83.9 Å². The Morgan fingerprint density at radius 2 is 1.00 bits per heavy atom. The number of rotatable bonds is 4. The maximum Gasteiger partial charge on any atom is 0.160 e. The monoisotopic (exact) mass is 650 g/mol. The summed E-state index contributed by atoms with van der Waals surface area (Å²) in [5, 5.41) is 7.53. The maximum atomic E-state index is 5.25. The predicted octanol–water partition coefficient (Wildman–Crippen LogP) is 12.9. The summed E-state index contributed by atoms with van der Waals surface area (Å²) in [7, 11) is 0. The molecule has 0 saturated carbocycles. The van der Waals surface area contributed by atoms with Crippen LogP contribution in [0.2, 0.25) is 0 Å². The fourth-order valence-corrected chi connectivity index (χ4v) is 8.29. The lowest BCUT2D eigenvalue weighted by atomic mass is 9.82.